The third-order valence-electron chi connectivity index (χ3n) is 4.47. The number of benzene rings is 2. The highest BCUT2D eigenvalue weighted by atomic mass is 16.5. The maximum Gasteiger partial charge on any atom is 0.255 e. The summed E-state index contributed by atoms with van der Waals surface area (Å²) in [5.74, 6) is 0.234. The summed E-state index contributed by atoms with van der Waals surface area (Å²) >= 11 is 0. The van der Waals surface area contributed by atoms with Crippen LogP contribution in [0.3, 0.4) is 0 Å². The summed E-state index contributed by atoms with van der Waals surface area (Å²) in [5, 5.41) is 5.72. The maximum atomic E-state index is 12.5. The lowest BCUT2D eigenvalue weighted by atomic mass is 10.1. The minimum atomic E-state index is -0.251. The quantitative estimate of drug-likeness (QED) is 0.731. The number of carbonyl (C=O) groups is 2. The van der Waals surface area contributed by atoms with Crippen molar-refractivity contribution in [1.82, 2.24) is 5.32 Å². The number of anilines is 1. The van der Waals surface area contributed by atoms with Crippen LogP contribution in [0.15, 0.2) is 48.5 Å². The summed E-state index contributed by atoms with van der Waals surface area (Å²) in [6, 6.07) is 13.9. The molecule has 2 aromatic carbocycles. The molecular weight excluding hydrogens is 356 g/mol. The number of nitrogens with one attached hydrogen (secondary N) is 2. The number of hydrogen-bond donors (Lipinski definition) is 2. The van der Waals surface area contributed by atoms with E-state index in [-0.39, 0.29) is 17.9 Å². The molecule has 1 saturated heterocycles. The molecule has 0 aliphatic carbocycles. The van der Waals surface area contributed by atoms with Crippen LogP contribution in [0.5, 0.6) is 5.75 Å². The zero-order chi connectivity index (χ0) is 19.8. The smallest absolute Gasteiger partial charge is 0.255 e. The Morgan fingerprint density at radius 3 is 2.64 bits per heavy atom. The molecule has 2 amide bonds. The first kappa shape index (κ1) is 19.9. The SMILES string of the molecule is CCCOc1cccc(C(=O)Nc2cccc(C(=O)NCC3CCCO3)c2)c1. The van der Waals surface area contributed by atoms with Gasteiger partial charge in [-0.2, -0.15) is 0 Å². The number of rotatable bonds is 8. The molecule has 2 N–H and O–H groups in total. The topological polar surface area (TPSA) is 76.7 Å². The number of ether oxygens (including phenoxy) is 2. The van der Waals surface area contributed by atoms with Crippen molar-refractivity contribution in [3.8, 4) is 5.75 Å². The van der Waals surface area contributed by atoms with E-state index < -0.39 is 0 Å². The Balaban J connectivity index is 1.60. The molecular formula is C22H26N2O4. The van der Waals surface area contributed by atoms with Crippen molar-refractivity contribution in [2.45, 2.75) is 32.3 Å². The normalized spacial score (nSPS) is 15.8. The lowest BCUT2D eigenvalue weighted by Crippen LogP contribution is -2.31. The Morgan fingerprint density at radius 2 is 1.89 bits per heavy atom. The zero-order valence-electron chi connectivity index (χ0n) is 16.1. The Bertz CT molecular complexity index is 816. The van der Waals surface area contributed by atoms with Gasteiger partial charge < -0.3 is 20.1 Å². The van der Waals surface area contributed by atoms with Crippen molar-refractivity contribution < 1.29 is 19.1 Å². The second-order valence-electron chi connectivity index (χ2n) is 6.76. The fourth-order valence-corrected chi connectivity index (χ4v) is 3.00. The zero-order valence-corrected chi connectivity index (χ0v) is 16.1. The molecule has 148 valence electrons. The molecule has 0 radical (unpaired) electrons. The van der Waals surface area contributed by atoms with Gasteiger partial charge >= 0.3 is 0 Å². The first-order valence-electron chi connectivity index (χ1n) is 9.70. The summed E-state index contributed by atoms with van der Waals surface area (Å²) in [7, 11) is 0. The van der Waals surface area contributed by atoms with Gasteiger partial charge in [-0.25, -0.2) is 0 Å². The van der Waals surface area contributed by atoms with Crippen molar-refractivity contribution in [3.63, 3.8) is 0 Å². The molecule has 1 heterocycles. The minimum Gasteiger partial charge on any atom is -0.494 e. The van der Waals surface area contributed by atoms with Gasteiger partial charge in [-0.1, -0.05) is 19.1 Å². The van der Waals surface area contributed by atoms with Crippen LogP contribution in [0.2, 0.25) is 0 Å². The van der Waals surface area contributed by atoms with Crippen molar-refractivity contribution in [2.24, 2.45) is 0 Å². The summed E-state index contributed by atoms with van der Waals surface area (Å²) in [4.78, 5) is 24.9. The Labute approximate surface area is 165 Å². The third kappa shape index (κ3) is 5.57. The van der Waals surface area contributed by atoms with Crippen LogP contribution in [0.4, 0.5) is 5.69 Å². The Kier molecular flexibility index (Phi) is 7.03. The average Bonchev–Trinajstić information content (AvgIpc) is 3.24. The van der Waals surface area contributed by atoms with E-state index in [9.17, 15) is 9.59 Å². The molecule has 28 heavy (non-hydrogen) atoms. The van der Waals surface area contributed by atoms with Crippen LogP contribution in [-0.2, 0) is 4.74 Å². The molecule has 0 aromatic heterocycles. The van der Waals surface area contributed by atoms with E-state index in [1.54, 1.807) is 42.5 Å². The van der Waals surface area contributed by atoms with E-state index >= 15 is 0 Å². The van der Waals surface area contributed by atoms with E-state index in [2.05, 4.69) is 10.6 Å². The van der Waals surface area contributed by atoms with Crippen LogP contribution in [0.25, 0.3) is 0 Å². The molecule has 0 saturated carbocycles. The van der Waals surface area contributed by atoms with E-state index in [1.165, 1.54) is 0 Å². The van der Waals surface area contributed by atoms with Crippen LogP contribution >= 0.6 is 0 Å². The molecule has 1 atom stereocenters. The van der Waals surface area contributed by atoms with Crippen LogP contribution in [-0.4, -0.2) is 37.7 Å². The fourth-order valence-electron chi connectivity index (χ4n) is 3.00. The van der Waals surface area contributed by atoms with Gasteiger partial charge in [0.05, 0.1) is 12.7 Å². The van der Waals surface area contributed by atoms with Crippen LogP contribution in [0, 0.1) is 0 Å². The lowest BCUT2D eigenvalue weighted by Gasteiger charge is -2.12. The van der Waals surface area contributed by atoms with E-state index in [1.807, 2.05) is 13.0 Å². The van der Waals surface area contributed by atoms with Crippen molar-refractivity contribution >= 4 is 17.5 Å². The molecule has 2 aromatic rings. The van der Waals surface area contributed by atoms with Gasteiger partial charge in [-0.15, -0.1) is 0 Å². The summed E-state index contributed by atoms with van der Waals surface area (Å²) in [6.07, 6.45) is 3.00. The highest BCUT2D eigenvalue weighted by Gasteiger charge is 2.17. The second-order valence-corrected chi connectivity index (χ2v) is 6.76. The average molecular weight is 382 g/mol. The Morgan fingerprint density at radius 1 is 1.11 bits per heavy atom. The molecule has 1 unspecified atom stereocenters. The largest absolute Gasteiger partial charge is 0.494 e. The molecule has 6 heteroatoms. The van der Waals surface area contributed by atoms with E-state index in [0.717, 1.165) is 25.9 Å². The van der Waals surface area contributed by atoms with Gasteiger partial charge in [0, 0.05) is 30.0 Å². The molecule has 0 bridgehead atoms. The third-order valence-corrected chi connectivity index (χ3v) is 4.47. The van der Waals surface area contributed by atoms with Crippen LogP contribution in [0.1, 0.15) is 46.9 Å². The highest BCUT2D eigenvalue weighted by molar-refractivity contribution is 6.05. The van der Waals surface area contributed by atoms with Crippen LogP contribution < -0.4 is 15.4 Å². The van der Waals surface area contributed by atoms with Gasteiger partial charge in [0.15, 0.2) is 0 Å². The maximum absolute atomic E-state index is 12.5. The summed E-state index contributed by atoms with van der Waals surface area (Å²) in [5.41, 5.74) is 1.56. The van der Waals surface area contributed by atoms with Gasteiger partial charge in [0.25, 0.3) is 11.8 Å². The van der Waals surface area contributed by atoms with E-state index in [4.69, 9.17) is 9.47 Å². The first-order chi connectivity index (χ1) is 13.7. The highest BCUT2D eigenvalue weighted by Crippen LogP contribution is 2.17. The molecule has 0 spiro atoms. The lowest BCUT2D eigenvalue weighted by molar-refractivity contribution is 0.0857. The van der Waals surface area contributed by atoms with Gasteiger partial charge in [0.1, 0.15) is 5.75 Å². The summed E-state index contributed by atoms with van der Waals surface area (Å²) < 4.78 is 11.1. The molecule has 3 rings (SSSR count). The Hall–Kier alpha value is -2.86. The van der Waals surface area contributed by atoms with Gasteiger partial charge in [0.2, 0.25) is 0 Å². The predicted octanol–water partition coefficient (Wildman–Crippen LogP) is 3.64. The van der Waals surface area contributed by atoms with Crippen molar-refractivity contribution in [3.05, 3.63) is 59.7 Å². The van der Waals surface area contributed by atoms with Crippen molar-refractivity contribution in [1.29, 1.82) is 0 Å². The summed E-state index contributed by atoms with van der Waals surface area (Å²) in [6.45, 7) is 3.89. The minimum absolute atomic E-state index is 0.0917. The van der Waals surface area contributed by atoms with Crippen molar-refractivity contribution in [2.75, 3.05) is 25.1 Å². The number of hydrogen-bond acceptors (Lipinski definition) is 4. The molecule has 1 fully saturated rings. The van der Waals surface area contributed by atoms with E-state index in [0.29, 0.717) is 35.7 Å². The van der Waals surface area contributed by atoms with Gasteiger partial charge in [-0.3, -0.25) is 9.59 Å². The van der Waals surface area contributed by atoms with Gasteiger partial charge in [-0.05, 0) is 55.7 Å². The fraction of sp³-hybridized carbons (Fsp3) is 0.364. The predicted molar refractivity (Wildman–Crippen MR) is 108 cm³/mol. The standard InChI is InChI=1S/C22H26N2O4/c1-2-11-27-19-9-4-7-17(14-19)22(26)24-18-8-3-6-16(13-18)21(25)23-15-20-10-5-12-28-20/h3-4,6-9,13-14,20H,2,5,10-12,15H2,1H3,(H,23,25)(H,24,26). The first-order valence-corrected chi connectivity index (χ1v) is 9.70. The molecule has 6 nitrogen and oxygen atoms in total. The number of amides is 2. The second kappa shape index (κ2) is 9.90. The number of carbonyl (C=O) groups excluding carboxylic acids is 2. The molecule has 1 aliphatic rings. The molecule has 1 aliphatic heterocycles. The monoisotopic (exact) mass is 382 g/mol.